The summed E-state index contributed by atoms with van der Waals surface area (Å²) < 4.78 is 2.98. The summed E-state index contributed by atoms with van der Waals surface area (Å²) in [5.41, 5.74) is 3.16. The number of aromatic nitrogens is 1. The topological polar surface area (TPSA) is 80.8 Å². The number of carboxylic acids is 1. The number of hydrogen-bond donors (Lipinski definition) is 1. The van der Waals surface area contributed by atoms with Gasteiger partial charge in [0.05, 0.1) is 12.2 Å². The second-order valence-electron chi connectivity index (χ2n) is 5.51. The van der Waals surface area contributed by atoms with Crippen LogP contribution in [0.2, 0.25) is 0 Å². The molecule has 0 atom stereocenters. The number of benzene rings is 2. The van der Waals surface area contributed by atoms with Gasteiger partial charge in [-0.15, -0.1) is 0 Å². The number of carboxylic acid groups (broad SMARTS) is 1. The van der Waals surface area contributed by atoms with E-state index in [-0.39, 0.29) is 0 Å². The predicted octanol–water partition coefficient (Wildman–Crippen LogP) is 4.12. The zero-order chi connectivity index (χ0) is 19.6. The van der Waals surface area contributed by atoms with E-state index in [2.05, 4.69) is 43.6 Å². The minimum Gasteiger partial charge on any atom is -0.550 e. The number of azo groups is 1. The summed E-state index contributed by atoms with van der Waals surface area (Å²) in [5, 5.41) is 21.7. The van der Waals surface area contributed by atoms with Crippen LogP contribution in [0.1, 0.15) is 12.5 Å². The lowest BCUT2D eigenvalue weighted by Gasteiger charge is -2.05. The number of nitrogens with one attached hydrogen (secondary N) is 1. The van der Waals surface area contributed by atoms with Crippen LogP contribution < -0.4 is 15.0 Å². The summed E-state index contributed by atoms with van der Waals surface area (Å²) in [5.74, 6) is -1.08. The molecule has 0 amide bonds. The number of aryl methyl sites for hydroxylation is 1. The quantitative estimate of drug-likeness (QED) is 0.472. The average molecular weight is 447 g/mol. The highest BCUT2D eigenvalue weighted by atomic mass is 79.9. The molecular weight excluding hydrogens is 428 g/mol. The lowest BCUT2D eigenvalue weighted by molar-refractivity contribution is -0.654. The van der Waals surface area contributed by atoms with Gasteiger partial charge in [0.15, 0.2) is 0 Å². The lowest BCUT2D eigenvalue weighted by atomic mass is 10.2. The third kappa shape index (κ3) is 7.67. The van der Waals surface area contributed by atoms with E-state index in [9.17, 15) is 0 Å². The van der Waals surface area contributed by atoms with E-state index in [1.807, 2.05) is 60.3 Å². The first kappa shape index (κ1) is 20.7. The predicted molar refractivity (Wildman–Crippen MR) is 108 cm³/mol. The van der Waals surface area contributed by atoms with Crippen molar-refractivity contribution in [3.05, 3.63) is 70.1 Å². The second kappa shape index (κ2) is 10.5. The number of rotatable bonds is 5. The van der Waals surface area contributed by atoms with E-state index in [0.29, 0.717) is 0 Å². The number of thiazole rings is 1. The number of carbonyl (C=O) groups excluding carboxylic acids is 1. The number of halogens is 1. The molecule has 140 valence electrons. The van der Waals surface area contributed by atoms with Crippen molar-refractivity contribution >= 4 is 49.7 Å². The molecule has 0 aliphatic heterocycles. The minimum absolute atomic E-state index is 0.806. The molecule has 3 aromatic rings. The van der Waals surface area contributed by atoms with Crippen molar-refractivity contribution in [1.29, 1.82) is 0 Å². The maximum absolute atomic E-state index is 8.89. The van der Waals surface area contributed by atoms with Gasteiger partial charge in [0.1, 0.15) is 15.7 Å². The van der Waals surface area contributed by atoms with Gasteiger partial charge >= 0.3 is 5.13 Å². The minimum atomic E-state index is -1.08. The van der Waals surface area contributed by atoms with Gasteiger partial charge in [0.2, 0.25) is 0 Å². The Morgan fingerprint density at radius 2 is 1.78 bits per heavy atom. The first-order valence-electron chi connectivity index (χ1n) is 8.06. The van der Waals surface area contributed by atoms with Gasteiger partial charge in [-0.25, -0.2) is 4.57 Å². The average Bonchev–Trinajstić information content (AvgIpc) is 2.97. The largest absolute Gasteiger partial charge is 0.550 e. The zero-order valence-electron chi connectivity index (χ0n) is 14.9. The normalized spacial score (nSPS) is 10.3. The van der Waals surface area contributed by atoms with Crippen LogP contribution in [-0.2, 0) is 18.4 Å². The SMILES string of the molecule is CC(=O)[O-].C[n+]1cc(Br)sc1/N=N/c1ccc(NCc2ccccc2)cc1. The monoisotopic (exact) mass is 446 g/mol. The molecule has 0 unspecified atom stereocenters. The molecule has 0 saturated heterocycles. The van der Waals surface area contributed by atoms with Gasteiger partial charge < -0.3 is 15.2 Å². The molecule has 3 rings (SSSR count). The van der Waals surface area contributed by atoms with Crippen molar-refractivity contribution in [2.75, 3.05) is 5.32 Å². The maximum Gasteiger partial charge on any atom is 0.409 e. The summed E-state index contributed by atoms with van der Waals surface area (Å²) in [7, 11) is 1.95. The number of anilines is 1. The molecular formula is C19H19BrN4O2S. The van der Waals surface area contributed by atoms with Gasteiger partial charge in [-0.05, 0) is 69.1 Å². The van der Waals surface area contributed by atoms with Crippen molar-refractivity contribution < 1.29 is 14.5 Å². The standard InChI is InChI=1S/C17H15BrN4S.C2H4O2/c1-22-12-16(18)23-17(22)21-20-15-9-7-14(8-10-15)19-11-13-5-3-2-4-6-13;1-2(3)4/h2-10,12H,11H2,1H3;1H3,(H,3,4). The fourth-order valence-corrected chi connectivity index (χ4v) is 3.44. The van der Waals surface area contributed by atoms with Crippen molar-refractivity contribution in [2.24, 2.45) is 17.3 Å². The van der Waals surface area contributed by atoms with Crippen LogP contribution in [0.5, 0.6) is 0 Å². The molecule has 0 radical (unpaired) electrons. The summed E-state index contributed by atoms with van der Waals surface area (Å²) >= 11 is 4.99. The summed E-state index contributed by atoms with van der Waals surface area (Å²) in [6, 6.07) is 18.3. The fourth-order valence-electron chi connectivity index (χ4n) is 2.03. The van der Waals surface area contributed by atoms with Crippen molar-refractivity contribution in [1.82, 2.24) is 0 Å². The van der Waals surface area contributed by atoms with Gasteiger partial charge in [0.25, 0.3) is 0 Å². The van der Waals surface area contributed by atoms with Crippen LogP contribution in [0.4, 0.5) is 16.5 Å². The number of aliphatic carboxylic acids is 1. The number of hydrogen-bond acceptors (Lipinski definition) is 6. The Hall–Kier alpha value is -2.58. The molecule has 0 saturated carbocycles. The van der Waals surface area contributed by atoms with Gasteiger partial charge in [-0.1, -0.05) is 30.3 Å². The molecule has 1 N–H and O–H groups in total. The molecule has 0 spiro atoms. The third-order valence-corrected chi connectivity index (χ3v) is 4.79. The van der Waals surface area contributed by atoms with Crippen molar-refractivity contribution in [3.8, 4) is 0 Å². The molecule has 0 aliphatic carbocycles. The van der Waals surface area contributed by atoms with Crippen molar-refractivity contribution in [3.63, 3.8) is 0 Å². The number of carbonyl (C=O) groups is 1. The first-order valence-corrected chi connectivity index (χ1v) is 9.67. The van der Waals surface area contributed by atoms with Crippen LogP contribution in [-0.4, -0.2) is 5.97 Å². The molecule has 1 aromatic heterocycles. The van der Waals surface area contributed by atoms with Crippen molar-refractivity contribution in [2.45, 2.75) is 13.5 Å². The Bertz CT molecular complexity index is 892. The maximum atomic E-state index is 8.89. The van der Waals surface area contributed by atoms with Crippen LogP contribution in [0.15, 0.2) is 74.8 Å². The summed E-state index contributed by atoms with van der Waals surface area (Å²) in [4.78, 5) is 8.89. The van der Waals surface area contributed by atoms with Crippen LogP contribution in [0.3, 0.4) is 0 Å². The molecule has 8 heteroatoms. The van der Waals surface area contributed by atoms with E-state index in [1.165, 1.54) is 5.56 Å². The molecule has 0 aliphatic rings. The molecule has 2 aromatic carbocycles. The Balaban J connectivity index is 0.000000596. The summed E-state index contributed by atoms with van der Waals surface area (Å²) in [6.07, 6.45) is 1.97. The molecule has 6 nitrogen and oxygen atoms in total. The lowest BCUT2D eigenvalue weighted by Crippen LogP contribution is -2.23. The van der Waals surface area contributed by atoms with E-state index < -0.39 is 5.97 Å². The summed E-state index contributed by atoms with van der Waals surface area (Å²) in [6.45, 7) is 1.78. The highest BCUT2D eigenvalue weighted by Gasteiger charge is 2.11. The van der Waals surface area contributed by atoms with E-state index in [4.69, 9.17) is 9.90 Å². The smallest absolute Gasteiger partial charge is 0.409 e. The Morgan fingerprint density at radius 1 is 1.15 bits per heavy atom. The van der Waals surface area contributed by atoms with Gasteiger partial charge in [-0.3, -0.25) is 0 Å². The van der Waals surface area contributed by atoms with Gasteiger partial charge in [0, 0.05) is 18.2 Å². The zero-order valence-corrected chi connectivity index (χ0v) is 17.3. The van der Waals surface area contributed by atoms with Crippen LogP contribution in [0.25, 0.3) is 0 Å². The molecule has 27 heavy (non-hydrogen) atoms. The number of nitrogens with zero attached hydrogens (tertiary/aromatic N) is 3. The Kier molecular flexibility index (Phi) is 8.09. The van der Waals surface area contributed by atoms with E-state index >= 15 is 0 Å². The Labute approximate surface area is 170 Å². The molecule has 1 heterocycles. The van der Waals surface area contributed by atoms with Crippen LogP contribution in [0, 0.1) is 0 Å². The fraction of sp³-hybridized carbons (Fsp3) is 0.158. The Morgan fingerprint density at radius 3 is 2.33 bits per heavy atom. The second-order valence-corrected chi connectivity index (χ2v) is 7.89. The van der Waals surface area contributed by atoms with E-state index in [1.54, 1.807) is 11.3 Å². The highest BCUT2D eigenvalue weighted by Crippen LogP contribution is 2.26. The molecule has 0 bridgehead atoms. The first-order chi connectivity index (χ1) is 12.9. The van der Waals surface area contributed by atoms with Crippen LogP contribution >= 0.6 is 27.3 Å². The highest BCUT2D eigenvalue weighted by molar-refractivity contribution is 9.11. The van der Waals surface area contributed by atoms with E-state index in [0.717, 1.165) is 33.8 Å². The third-order valence-electron chi connectivity index (χ3n) is 3.24. The molecule has 0 fully saturated rings. The van der Waals surface area contributed by atoms with Gasteiger partial charge in [-0.2, -0.15) is 0 Å².